The number of aromatic amines is 1. The lowest BCUT2D eigenvalue weighted by Gasteiger charge is -2.08. The topological polar surface area (TPSA) is 99.8 Å². The molecular weight excluding hydrogens is 371 g/mol. The van der Waals surface area contributed by atoms with Crippen LogP contribution in [0, 0.1) is 0 Å². The molecule has 2 rings (SSSR count). The molecule has 26 heavy (non-hydrogen) atoms. The summed E-state index contributed by atoms with van der Waals surface area (Å²) in [6.07, 6.45) is -1.01. The van der Waals surface area contributed by atoms with Crippen LogP contribution in [0.4, 0.5) is 18.0 Å². The predicted molar refractivity (Wildman–Crippen MR) is 90.1 cm³/mol. The number of nitrogens with zero attached hydrogens (tertiary/aromatic N) is 2. The van der Waals surface area contributed by atoms with Crippen LogP contribution in [0.3, 0.4) is 0 Å². The minimum Gasteiger partial charge on any atom is -0.329 e. The van der Waals surface area contributed by atoms with Crippen LogP contribution in [0.1, 0.15) is 11.4 Å². The number of urea groups is 1. The Bertz CT molecular complexity index is 777. The molecule has 0 aliphatic carbocycles. The van der Waals surface area contributed by atoms with Crippen molar-refractivity contribution in [2.24, 2.45) is 0 Å². The molecule has 3 N–H and O–H groups in total. The molecule has 0 aliphatic heterocycles. The number of halogens is 3. The van der Waals surface area contributed by atoms with Crippen LogP contribution in [0.5, 0.6) is 0 Å². The number of benzene rings is 1. The zero-order chi connectivity index (χ0) is 19.0. The van der Waals surface area contributed by atoms with Gasteiger partial charge in [-0.25, -0.2) is 9.78 Å². The Morgan fingerprint density at radius 3 is 2.62 bits per heavy atom. The Labute approximate surface area is 150 Å². The van der Waals surface area contributed by atoms with Crippen molar-refractivity contribution >= 4 is 35.9 Å². The van der Waals surface area contributed by atoms with Crippen LogP contribution < -0.4 is 10.6 Å². The van der Waals surface area contributed by atoms with E-state index >= 15 is 0 Å². The van der Waals surface area contributed by atoms with E-state index < -0.39 is 24.7 Å². The summed E-state index contributed by atoms with van der Waals surface area (Å²) in [7, 11) is 0. The summed E-state index contributed by atoms with van der Waals surface area (Å²) in [6.45, 7) is -1.52. The number of rotatable bonds is 6. The van der Waals surface area contributed by atoms with Crippen LogP contribution in [-0.4, -0.2) is 45.6 Å². The van der Waals surface area contributed by atoms with Crippen molar-refractivity contribution in [2.75, 3.05) is 12.3 Å². The number of aromatic nitrogens is 3. The summed E-state index contributed by atoms with van der Waals surface area (Å²) in [6, 6.07) is 8.30. The van der Waals surface area contributed by atoms with E-state index in [0.717, 1.165) is 17.3 Å². The van der Waals surface area contributed by atoms with Gasteiger partial charge in [-0.3, -0.25) is 15.2 Å². The maximum absolute atomic E-state index is 11.9. The summed E-state index contributed by atoms with van der Waals surface area (Å²) in [5.41, 5.74) is 0.974. The van der Waals surface area contributed by atoms with Gasteiger partial charge < -0.3 is 5.32 Å². The van der Waals surface area contributed by atoms with Gasteiger partial charge in [0.15, 0.2) is 0 Å². The van der Waals surface area contributed by atoms with Crippen LogP contribution in [0.15, 0.2) is 35.5 Å². The van der Waals surface area contributed by atoms with Crippen LogP contribution >= 0.6 is 11.8 Å². The molecule has 0 spiro atoms. The first-order valence-corrected chi connectivity index (χ1v) is 8.23. The standard InChI is InChI=1S/C15H14F3N5O2S/c16-15(17,18)9-19-13(25)21-12(24)8-26-14-20-11(22-23-14)7-6-10-4-2-1-3-5-10/h1-7H,8-9H2,(H,20,22,23)(H2,19,21,24,25)/b7-6+. The second kappa shape index (κ2) is 9.04. The van der Waals surface area contributed by atoms with Crippen molar-refractivity contribution in [2.45, 2.75) is 11.3 Å². The van der Waals surface area contributed by atoms with Crippen molar-refractivity contribution in [1.82, 2.24) is 25.8 Å². The van der Waals surface area contributed by atoms with Gasteiger partial charge in [-0.1, -0.05) is 48.2 Å². The number of alkyl halides is 3. The number of amides is 3. The lowest BCUT2D eigenvalue weighted by molar-refractivity contribution is -0.124. The van der Waals surface area contributed by atoms with Gasteiger partial charge in [0, 0.05) is 0 Å². The first-order valence-electron chi connectivity index (χ1n) is 7.24. The average molecular weight is 385 g/mol. The Balaban J connectivity index is 1.76. The van der Waals surface area contributed by atoms with Gasteiger partial charge in [-0.15, -0.1) is 5.10 Å². The number of thioether (sulfide) groups is 1. The molecule has 2 aromatic rings. The SMILES string of the molecule is O=C(CSc1n[nH]c(/C=C/c2ccccc2)n1)NC(=O)NCC(F)(F)F. The molecule has 3 amide bonds. The zero-order valence-electron chi connectivity index (χ0n) is 13.2. The Hall–Kier alpha value is -2.82. The molecule has 0 atom stereocenters. The van der Waals surface area contributed by atoms with Crippen LogP contribution in [0.25, 0.3) is 12.2 Å². The number of H-pyrrole nitrogens is 1. The van der Waals surface area contributed by atoms with Crippen LogP contribution in [-0.2, 0) is 4.79 Å². The smallest absolute Gasteiger partial charge is 0.329 e. The van der Waals surface area contributed by atoms with Gasteiger partial charge in [0.2, 0.25) is 11.1 Å². The number of hydrogen-bond acceptors (Lipinski definition) is 5. The van der Waals surface area contributed by atoms with Crippen molar-refractivity contribution in [3.8, 4) is 0 Å². The van der Waals surface area contributed by atoms with Gasteiger partial charge in [0.25, 0.3) is 0 Å². The number of hydrogen-bond donors (Lipinski definition) is 3. The second-order valence-corrected chi connectivity index (χ2v) is 5.82. The summed E-state index contributed by atoms with van der Waals surface area (Å²) in [5, 5.41) is 10.2. The van der Waals surface area contributed by atoms with E-state index in [1.807, 2.05) is 36.4 Å². The molecular formula is C15H14F3N5O2S. The minimum atomic E-state index is -4.54. The highest BCUT2D eigenvalue weighted by Gasteiger charge is 2.27. The third kappa shape index (κ3) is 7.38. The second-order valence-electron chi connectivity index (χ2n) is 4.88. The molecule has 0 saturated carbocycles. The number of carbonyl (C=O) groups excluding carboxylic acids is 2. The summed E-state index contributed by atoms with van der Waals surface area (Å²) in [5.74, 6) is -0.514. The van der Waals surface area contributed by atoms with Crippen molar-refractivity contribution < 1.29 is 22.8 Å². The summed E-state index contributed by atoms with van der Waals surface area (Å²) >= 11 is 0.935. The Kier molecular flexibility index (Phi) is 6.78. The first kappa shape index (κ1) is 19.5. The lowest BCUT2D eigenvalue weighted by atomic mass is 10.2. The predicted octanol–water partition coefficient (Wildman–Crippen LogP) is 2.46. The normalized spacial score (nSPS) is 11.5. The van der Waals surface area contributed by atoms with E-state index in [1.54, 1.807) is 11.4 Å². The molecule has 1 aromatic carbocycles. The van der Waals surface area contributed by atoms with E-state index in [1.165, 1.54) is 5.32 Å². The van der Waals surface area contributed by atoms with Gasteiger partial charge in [-0.05, 0) is 11.6 Å². The van der Waals surface area contributed by atoms with Crippen molar-refractivity contribution in [1.29, 1.82) is 0 Å². The third-order valence-corrected chi connectivity index (χ3v) is 3.60. The summed E-state index contributed by atoms with van der Waals surface area (Å²) < 4.78 is 35.8. The number of imide groups is 1. The third-order valence-electron chi connectivity index (χ3n) is 2.75. The maximum Gasteiger partial charge on any atom is 0.405 e. The Morgan fingerprint density at radius 2 is 1.92 bits per heavy atom. The molecule has 0 fully saturated rings. The molecule has 0 radical (unpaired) electrons. The van der Waals surface area contributed by atoms with Gasteiger partial charge in [0.1, 0.15) is 12.4 Å². The molecule has 0 saturated heterocycles. The Morgan fingerprint density at radius 1 is 1.19 bits per heavy atom. The van der Waals surface area contributed by atoms with Gasteiger partial charge in [0.05, 0.1) is 5.75 Å². The number of nitrogens with one attached hydrogen (secondary N) is 3. The molecule has 1 heterocycles. The molecule has 11 heteroatoms. The van der Waals surface area contributed by atoms with E-state index in [-0.39, 0.29) is 10.9 Å². The van der Waals surface area contributed by atoms with E-state index in [9.17, 15) is 22.8 Å². The first-order chi connectivity index (χ1) is 12.3. The van der Waals surface area contributed by atoms with E-state index in [2.05, 4.69) is 15.2 Å². The lowest BCUT2D eigenvalue weighted by Crippen LogP contribution is -2.43. The zero-order valence-corrected chi connectivity index (χ0v) is 14.0. The van der Waals surface area contributed by atoms with Crippen molar-refractivity contribution in [3.63, 3.8) is 0 Å². The average Bonchev–Trinajstić information content (AvgIpc) is 3.05. The van der Waals surface area contributed by atoms with Gasteiger partial charge >= 0.3 is 12.2 Å². The fourth-order valence-electron chi connectivity index (χ4n) is 1.65. The molecule has 0 bridgehead atoms. The monoisotopic (exact) mass is 385 g/mol. The van der Waals surface area contributed by atoms with Gasteiger partial charge in [-0.2, -0.15) is 13.2 Å². The van der Waals surface area contributed by atoms with E-state index in [0.29, 0.717) is 5.82 Å². The highest BCUT2D eigenvalue weighted by atomic mass is 32.2. The minimum absolute atomic E-state index is 0.223. The molecule has 1 aromatic heterocycles. The molecule has 138 valence electrons. The fraction of sp³-hybridized carbons (Fsp3) is 0.200. The van der Waals surface area contributed by atoms with Crippen LogP contribution in [0.2, 0.25) is 0 Å². The highest BCUT2D eigenvalue weighted by molar-refractivity contribution is 7.99. The number of carbonyl (C=O) groups is 2. The van der Waals surface area contributed by atoms with Crippen molar-refractivity contribution in [3.05, 3.63) is 41.7 Å². The van der Waals surface area contributed by atoms with E-state index in [4.69, 9.17) is 0 Å². The highest BCUT2D eigenvalue weighted by Crippen LogP contribution is 2.13. The summed E-state index contributed by atoms with van der Waals surface area (Å²) in [4.78, 5) is 26.8. The quantitative estimate of drug-likeness (QED) is 0.664. The molecule has 0 unspecified atom stereocenters. The fourth-order valence-corrected chi connectivity index (χ4v) is 2.26. The largest absolute Gasteiger partial charge is 0.405 e. The molecule has 0 aliphatic rings. The molecule has 7 nitrogen and oxygen atoms in total. The maximum atomic E-state index is 11.9.